The summed E-state index contributed by atoms with van der Waals surface area (Å²) in [6, 6.07) is 1.24. The Morgan fingerprint density at radius 3 is 2.65 bits per heavy atom. The summed E-state index contributed by atoms with van der Waals surface area (Å²) in [7, 11) is 0. The molecule has 2 aromatic rings. The second kappa shape index (κ2) is 6.69. The molecular weight excluding hydrogens is 318 g/mol. The van der Waals surface area contributed by atoms with E-state index in [1.807, 2.05) is 5.38 Å². The van der Waals surface area contributed by atoms with E-state index in [0.717, 1.165) is 18.2 Å². The van der Waals surface area contributed by atoms with Crippen LogP contribution in [0.2, 0.25) is 0 Å². The van der Waals surface area contributed by atoms with Crippen molar-refractivity contribution in [1.29, 1.82) is 0 Å². The first-order chi connectivity index (χ1) is 11.1. The van der Waals surface area contributed by atoms with Crippen molar-refractivity contribution in [2.75, 3.05) is 31.1 Å². The molecule has 8 nitrogen and oxygen atoms in total. The maximum absolute atomic E-state index is 12.1. The number of amides is 3. The third kappa shape index (κ3) is 3.45. The zero-order valence-electron chi connectivity index (χ0n) is 12.6. The lowest BCUT2D eigenvalue weighted by Gasteiger charge is -2.34. The molecule has 2 N–H and O–H groups in total. The van der Waals surface area contributed by atoms with Crippen LogP contribution in [-0.4, -0.2) is 48.0 Å². The minimum absolute atomic E-state index is 0.321. The summed E-state index contributed by atoms with van der Waals surface area (Å²) in [6.07, 6.45) is 3.20. The van der Waals surface area contributed by atoms with Crippen molar-refractivity contribution in [2.24, 2.45) is 0 Å². The average molecular weight is 335 g/mol. The molecule has 0 atom stereocenters. The fraction of sp³-hybridized carbons (Fsp3) is 0.357. The molecule has 0 unspecified atom stereocenters. The van der Waals surface area contributed by atoms with Gasteiger partial charge in [-0.25, -0.2) is 15.2 Å². The van der Waals surface area contributed by atoms with Gasteiger partial charge in [0, 0.05) is 37.8 Å². The molecule has 23 heavy (non-hydrogen) atoms. The molecule has 3 heterocycles. The summed E-state index contributed by atoms with van der Waals surface area (Å²) >= 11 is 1.58. The van der Waals surface area contributed by atoms with Crippen LogP contribution < -0.4 is 15.8 Å². The second-order valence-electron chi connectivity index (χ2n) is 5.06. The molecule has 0 bridgehead atoms. The van der Waals surface area contributed by atoms with E-state index in [1.165, 1.54) is 6.26 Å². The molecule has 1 aliphatic rings. The van der Waals surface area contributed by atoms with Crippen molar-refractivity contribution >= 4 is 28.4 Å². The number of hydrogen-bond acceptors (Lipinski definition) is 6. The third-order valence-electron chi connectivity index (χ3n) is 3.64. The molecular formula is C14H17N5O3S. The number of hydrazine groups is 1. The predicted octanol–water partition coefficient (Wildman–Crippen LogP) is 1.22. The number of carbonyl (C=O) groups is 2. The number of urea groups is 1. The molecule has 9 heteroatoms. The Kier molecular flexibility index (Phi) is 4.47. The highest BCUT2D eigenvalue weighted by molar-refractivity contribution is 7.13. The van der Waals surface area contributed by atoms with Gasteiger partial charge in [-0.15, -0.1) is 11.3 Å². The number of aromatic nitrogens is 1. The monoisotopic (exact) mass is 335 g/mol. The van der Waals surface area contributed by atoms with Gasteiger partial charge in [-0.05, 0) is 13.0 Å². The summed E-state index contributed by atoms with van der Waals surface area (Å²) < 4.78 is 5.06. The van der Waals surface area contributed by atoms with Gasteiger partial charge < -0.3 is 14.2 Å². The van der Waals surface area contributed by atoms with Gasteiger partial charge in [0.2, 0.25) is 0 Å². The Balaban J connectivity index is 1.46. The van der Waals surface area contributed by atoms with Gasteiger partial charge in [-0.3, -0.25) is 10.2 Å². The van der Waals surface area contributed by atoms with E-state index >= 15 is 0 Å². The number of furan rings is 1. The summed E-state index contributed by atoms with van der Waals surface area (Å²) in [5.74, 6) is 0.111. The van der Waals surface area contributed by atoms with Gasteiger partial charge in [-0.1, -0.05) is 0 Å². The smallest absolute Gasteiger partial charge is 0.336 e. The largest absolute Gasteiger partial charge is 0.469 e. The standard InChI is InChI=1S/C14H17N5O3S/c1-10-11(2-8-22-10)12(20)16-17-13(21)18-4-6-19(7-5-18)14-15-3-9-23-14/h2-3,8-9H,4-7H2,1H3,(H,16,20)(H,17,21). The van der Waals surface area contributed by atoms with E-state index in [-0.39, 0.29) is 6.03 Å². The van der Waals surface area contributed by atoms with Crippen molar-refractivity contribution in [2.45, 2.75) is 6.92 Å². The molecule has 0 spiro atoms. The lowest BCUT2D eigenvalue weighted by Crippen LogP contribution is -2.55. The van der Waals surface area contributed by atoms with Crippen LogP contribution in [0.1, 0.15) is 16.1 Å². The Labute approximate surface area is 137 Å². The SMILES string of the molecule is Cc1occc1C(=O)NNC(=O)N1CCN(c2nccs2)CC1. The highest BCUT2D eigenvalue weighted by Crippen LogP contribution is 2.18. The quantitative estimate of drug-likeness (QED) is 0.806. The topological polar surface area (TPSA) is 90.7 Å². The van der Waals surface area contributed by atoms with Crippen LogP contribution in [-0.2, 0) is 0 Å². The van der Waals surface area contributed by atoms with Crippen LogP contribution in [0.4, 0.5) is 9.93 Å². The van der Waals surface area contributed by atoms with E-state index in [2.05, 4.69) is 20.7 Å². The molecule has 0 radical (unpaired) electrons. The fourth-order valence-electron chi connectivity index (χ4n) is 2.35. The van der Waals surface area contributed by atoms with E-state index in [9.17, 15) is 9.59 Å². The maximum Gasteiger partial charge on any atom is 0.336 e. The van der Waals surface area contributed by atoms with E-state index in [1.54, 1.807) is 35.4 Å². The number of thiazole rings is 1. The number of nitrogens with zero attached hydrogens (tertiary/aromatic N) is 3. The van der Waals surface area contributed by atoms with Crippen molar-refractivity contribution in [3.8, 4) is 0 Å². The van der Waals surface area contributed by atoms with Crippen LogP contribution in [0.25, 0.3) is 0 Å². The molecule has 0 aromatic carbocycles. The molecule has 2 aromatic heterocycles. The fourth-order valence-corrected chi connectivity index (χ4v) is 3.05. The van der Waals surface area contributed by atoms with Crippen molar-refractivity contribution in [1.82, 2.24) is 20.7 Å². The van der Waals surface area contributed by atoms with Crippen LogP contribution in [0.3, 0.4) is 0 Å². The zero-order valence-corrected chi connectivity index (χ0v) is 13.4. The first-order valence-corrected chi connectivity index (χ1v) is 8.07. The molecule has 122 valence electrons. The molecule has 3 amide bonds. The normalized spacial score (nSPS) is 14.7. The Bertz CT molecular complexity index is 676. The first-order valence-electron chi connectivity index (χ1n) is 7.19. The first kappa shape index (κ1) is 15.3. The van der Waals surface area contributed by atoms with Gasteiger partial charge in [0.05, 0.1) is 11.8 Å². The van der Waals surface area contributed by atoms with Crippen molar-refractivity contribution in [3.63, 3.8) is 0 Å². The van der Waals surface area contributed by atoms with Crippen LogP contribution in [0.5, 0.6) is 0 Å². The van der Waals surface area contributed by atoms with Gasteiger partial charge in [0.15, 0.2) is 5.13 Å². The van der Waals surface area contributed by atoms with Gasteiger partial charge >= 0.3 is 6.03 Å². The molecule has 1 fully saturated rings. The van der Waals surface area contributed by atoms with Gasteiger partial charge in [-0.2, -0.15) is 0 Å². The second-order valence-corrected chi connectivity index (χ2v) is 5.94. The Morgan fingerprint density at radius 2 is 2.04 bits per heavy atom. The number of piperazine rings is 1. The summed E-state index contributed by atoms with van der Waals surface area (Å²) in [4.78, 5) is 32.1. The minimum atomic E-state index is -0.397. The van der Waals surface area contributed by atoms with Crippen LogP contribution in [0, 0.1) is 6.92 Å². The Hall–Kier alpha value is -2.55. The summed E-state index contributed by atoms with van der Waals surface area (Å²) in [6.45, 7) is 4.28. The minimum Gasteiger partial charge on any atom is -0.469 e. The summed E-state index contributed by atoms with van der Waals surface area (Å²) in [5.41, 5.74) is 5.23. The number of nitrogens with one attached hydrogen (secondary N) is 2. The molecule has 3 rings (SSSR count). The van der Waals surface area contributed by atoms with Gasteiger partial charge in [0.1, 0.15) is 5.76 Å². The summed E-state index contributed by atoms with van der Waals surface area (Å²) in [5, 5.41) is 2.90. The zero-order chi connectivity index (χ0) is 16.2. The third-order valence-corrected chi connectivity index (χ3v) is 4.48. The number of rotatable bonds is 2. The number of carbonyl (C=O) groups excluding carboxylic acids is 2. The highest BCUT2D eigenvalue weighted by Gasteiger charge is 2.23. The number of aryl methyl sites for hydroxylation is 1. The van der Waals surface area contributed by atoms with E-state index < -0.39 is 5.91 Å². The predicted molar refractivity (Wildman–Crippen MR) is 85.3 cm³/mol. The lowest BCUT2D eigenvalue weighted by atomic mass is 10.2. The van der Waals surface area contributed by atoms with Crippen LogP contribution >= 0.6 is 11.3 Å². The number of anilines is 1. The lowest BCUT2D eigenvalue weighted by molar-refractivity contribution is 0.0928. The molecule has 0 saturated carbocycles. The molecule has 1 aliphatic heterocycles. The Morgan fingerprint density at radius 1 is 1.26 bits per heavy atom. The van der Waals surface area contributed by atoms with Crippen LogP contribution in [0.15, 0.2) is 28.3 Å². The van der Waals surface area contributed by atoms with E-state index in [0.29, 0.717) is 24.4 Å². The van der Waals surface area contributed by atoms with Crippen molar-refractivity contribution < 1.29 is 14.0 Å². The molecule has 1 saturated heterocycles. The van der Waals surface area contributed by atoms with Gasteiger partial charge in [0.25, 0.3) is 5.91 Å². The van der Waals surface area contributed by atoms with E-state index in [4.69, 9.17) is 4.42 Å². The van der Waals surface area contributed by atoms with Crippen molar-refractivity contribution in [3.05, 3.63) is 35.2 Å². The molecule has 0 aliphatic carbocycles. The highest BCUT2D eigenvalue weighted by atomic mass is 32.1. The maximum atomic E-state index is 12.1. The average Bonchev–Trinajstić information content (AvgIpc) is 3.24. The number of hydrogen-bond donors (Lipinski definition) is 2.